The van der Waals surface area contributed by atoms with E-state index in [4.69, 9.17) is 9.52 Å². The van der Waals surface area contributed by atoms with Crippen LogP contribution in [0.15, 0.2) is 15.2 Å². The highest BCUT2D eigenvalue weighted by Crippen LogP contribution is 2.27. The van der Waals surface area contributed by atoms with Crippen molar-refractivity contribution in [3.63, 3.8) is 0 Å². The molecular weight excluding hydrogens is 302 g/mol. The number of hydrogen-bond donors (Lipinski definition) is 2. The van der Waals surface area contributed by atoms with Crippen molar-refractivity contribution < 1.29 is 19.1 Å². The molecule has 0 unspecified atom stereocenters. The van der Waals surface area contributed by atoms with E-state index in [2.05, 4.69) is 21.2 Å². The predicted molar refractivity (Wildman–Crippen MR) is 67.4 cm³/mol. The van der Waals surface area contributed by atoms with Crippen LogP contribution in [0.4, 0.5) is 0 Å². The maximum Gasteiger partial charge on any atom is 0.308 e. The third kappa shape index (κ3) is 2.58. The fourth-order valence-corrected chi connectivity index (χ4v) is 2.84. The maximum atomic E-state index is 12.0. The van der Waals surface area contributed by atoms with E-state index in [-0.39, 0.29) is 17.7 Å². The summed E-state index contributed by atoms with van der Waals surface area (Å²) < 4.78 is 5.73. The first-order valence-electron chi connectivity index (χ1n) is 5.78. The number of carboxylic acid groups (broad SMARTS) is 1. The van der Waals surface area contributed by atoms with Crippen molar-refractivity contribution in [2.75, 3.05) is 0 Å². The van der Waals surface area contributed by atoms with E-state index < -0.39 is 11.9 Å². The second kappa shape index (κ2) is 5.14. The van der Waals surface area contributed by atoms with Gasteiger partial charge in [0.05, 0.1) is 5.92 Å². The molecule has 18 heavy (non-hydrogen) atoms. The van der Waals surface area contributed by atoms with Crippen LogP contribution in [0.5, 0.6) is 0 Å². The average Bonchev–Trinajstić information content (AvgIpc) is 2.85. The Bertz CT molecular complexity index is 482. The third-order valence-corrected chi connectivity index (χ3v) is 3.63. The van der Waals surface area contributed by atoms with Gasteiger partial charge in [0.1, 0.15) is 0 Å². The summed E-state index contributed by atoms with van der Waals surface area (Å²) in [6.45, 7) is 1.77. The van der Waals surface area contributed by atoms with E-state index in [1.165, 1.54) is 0 Å². The van der Waals surface area contributed by atoms with Crippen molar-refractivity contribution in [1.82, 2.24) is 5.32 Å². The first-order chi connectivity index (χ1) is 8.49. The van der Waals surface area contributed by atoms with Crippen molar-refractivity contribution in [1.29, 1.82) is 0 Å². The number of aliphatic carboxylic acids is 1. The monoisotopic (exact) mass is 315 g/mol. The van der Waals surface area contributed by atoms with Crippen molar-refractivity contribution in [3.05, 3.63) is 22.1 Å². The maximum absolute atomic E-state index is 12.0. The Morgan fingerprint density at radius 2 is 2.22 bits per heavy atom. The van der Waals surface area contributed by atoms with Gasteiger partial charge in [0.15, 0.2) is 10.4 Å². The number of rotatable bonds is 3. The lowest BCUT2D eigenvalue weighted by Crippen LogP contribution is -2.40. The minimum absolute atomic E-state index is 0.234. The highest BCUT2D eigenvalue weighted by molar-refractivity contribution is 9.10. The van der Waals surface area contributed by atoms with E-state index in [9.17, 15) is 9.59 Å². The molecule has 1 aliphatic carbocycles. The fourth-order valence-electron chi connectivity index (χ4n) is 2.33. The van der Waals surface area contributed by atoms with Gasteiger partial charge in [0.25, 0.3) is 5.91 Å². The number of carbonyl (C=O) groups excluding carboxylic acids is 1. The summed E-state index contributed by atoms with van der Waals surface area (Å²) in [4.78, 5) is 23.0. The number of carbonyl (C=O) groups is 2. The summed E-state index contributed by atoms with van der Waals surface area (Å²) in [5.41, 5.74) is 0.726. The lowest BCUT2D eigenvalue weighted by molar-refractivity contribution is -0.142. The van der Waals surface area contributed by atoms with Crippen molar-refractivity contribution in [2.45, 2.75) is 32.2 Å². The first-order valence-corrected chi connectivity index (χ1v) is 6.58. The van der Waals surface area contributed by atoms with Gasteiger partial charge < -0.3 is 14.8 Å². The van der Waals surface area contributed by atoms with Crippen LogP contribution in [0, 0.1) is 12.8 Å². The molecule has 6 heteroatoms. The molecule has 0 radical (unpaired) electrons. The minimum Gasteiger partial charge on any atom is -0.481 e. The van der Waals surface area contributed by atoms with Crippen LogP contribution in [0.25, 0.3) is 0 Å². The molecule has 2 N–H and O–H groups in total. The molecule has 2 atom stereocenters. The van der Waals surface area contributed by atoms with Gasteiger partial charge in [-0.15, -0.1) is 0 Å². The molecule has 0 saturated heterocycles. The van der Waals surface area contributed by atoms with Crippen molar-refractivity contribution in [2.24, 2.45) is 5.92 Å². The number of nitrogens with one attached hydrogen (secondary N) is 1. The van der Waals surface area contributed by atoms with Crippen LogP contribution >= 0.6 is 15.9 Å². The summed E-state index contributed by atoms with van der Waals surface area (Å²) in [5, 5.41) is 11.8. The van der Waals surface area contributed by atoms with E-state index in [0.29, 0.717) is 17.5 Å². The highest BCUT2D eigenvalue weighted by atomic mass is 79.9. The molecule has 1 amide bonds. The molecule has 2 rings (SSSR count). The van der Waals surface area contributed by atoms with Crippen LogP contribution in [0.1, 0.15) is 35.4 Å². The average molecular weight is 316 g/mol. The van der Waals surface area contributed by atoms with Crippen LogP contribution in [-0.2, 0) is 4.79 Å². The fraction of sp³-hybridized carbons (Fsp3) is 0.500. The van der Waals surface area contributed by atoms with Gasteiger partial charge in [-0.3, -0.25) is 9.59 Å². The zero-order chi connectivity index (χ0) is 13.3. The van der Waals surface area contributed by atoms with Gasteiger partial charge in [-0.2, -0.15) is 0 Å². The number of carboxylic acids is 1. The Morgan fingerprint density at radius 3 is 2.78 bits per heavy atom. The van der Waals surface area contributed by atoms with Gasteiger partial charge >= 0.3 is 5.97 Å². The normalized spacial score (nSPS) is 23.0. The third-order valence-electron chi connectivity index (χ3n) is 3.24. The number of aryl methyl sites for hydroxylation is 1. The molecule has 0 bridgehead atoms. The molecule has 1 saturated carbocycles. The number of amides is 1. The Labute approximate surface area is 113 Å². The molecule has 0 aromatic carbocycles. The molecule has 1 aromatic heterocycles. The second-order valence-corrected chi connectivity index (χ2v) is 5.30. The van der Waals surface area contributed by atoms with Crippen LogP contribution in [-0.4, -0.2) is 23.0 Å². The zero-order valence-corrected chi connectivity index (χ0v) is 11.5. The molecule has 1 aliphatic rings. The number of halogens is 1. The van der Waals surface area contributed by atoms with E-state index >= 15 is 0 Å². The van der Waals surface area contributed by atoms with E-state index in [1.807, 2.05) is 0 Å². The van der Waals surface area contributed by atoms with Gasteiger partial charge in [-0.1, -0.05) is 6.42 Å². The molecule has 1 aromatic rings. The molecule has 0 aliphatic heterocycles. The summed E-state index contributed by atoms with van der Waals surface area (Å²) in [7, 11) is 0. The smallest absolute Gasteiger partial charge is 0.308 e. The Kier molecular flexibility index (Phi) is 3.75. The second-order valence-electron chi connectivity index (χ2n) is 4.52. The molecular formula is C12H14BrNO4. The quantitative estimate of drug-likeness (QED) is 0.897. The van der Waals surface area contributed by atoms with Gasteiger partial charge in [0, 0.05) is 11.6 Å². The summed E-state index contributed by atoms with van der Waals surface area (Å²) >= 11 is 3.16. The van der Waals surface area contributed by atoms with Crippen LogP contribution in [0.2, 0.25) is 0 Å². The first kappa shape index (κ1) is 13.1. The lowest BCUT2D eigenvalue weighted by Gasteiger charge is -2.16. The van der Waals surface area contributed by atoms with Crippen molar-refractivity contribution in [3.8, 4) is 0 Å². The minimum atomic E-state index is -0.852. The summed E-state index contributed by atoms with van der Waals surface area (Å²) in [6.07, 6.45) is 2.13. The summed E-state index contributed by atoms with van der Waals surface area (Å²) in [6, 6.07) is 1.40. The van der Waals surface area contributed by atoms with Gasteiger partial charge in [0.2, 0.25) is 0 Å². The molecule has 98 valence electrons. The molecule has 5 nitrogen and oxygen atoms in total. The predicted octanol–water partition coefficient (Wildman–Crippen LogP) is 2.33. The Balaban J connectivity index is 2.07. The topological polar surface area (TPSA) is 79.5 Å². The zero-order valence-electron chi connectivity index (χ0n) is 9.90. The van der Waals surface area contributed by atoms with E-state index in [0.717, 1.165) is 12.0 Å². The highest BCUT2D eigenvalue weighted by Gasteiger charge is 2.34. The van der Waals surface area contributed by atoms with Crippen molar-refractivity contribution >= 4 is 27.8 Å². The van der Waals surface area contributed by atoms with E-state index in [1.54, 1.807) is 13.0 Å². The van der Waals surface area contributed by atoms with Crippen LogP contribution in [0.3, 0.4) is 0 Å². The summed E-state index contributed by atoms with van der Waals surface area (Å²) in [5.74, 6) is -1.46. The lowest BCUT2D eigenvalue weighted by atomic mass is 10.0. The van der Waals surface area contributed by atoms with Crippen LogP contribution < -0.4 is 5.32 Å². The standard InChI is InChI=1S/C12H14BrNO4/c1-6-5-9(13)18-10(6)11(15)14-8-4-2-3-7(8)12(16)17/h5,7-8H,2-4H2,1H3,(H,14,15)(H,16,17)/t7-,8+/m0/s1. The largest absolute Gasteiger partial charge is 0.481 e. The van der Waals surface area contributed by atoms with Gasteiger partial charge in [-0.05, 0) is 41.8 Å². The Morgan fingerprint density at radius 1 is 1.50 bits per heavy atom. The number of furan rings is 1. The molecule has 1 heterocycles. The van der Waals surface area contributed by atoms with Gasteiger partial charge in [-0.25, -0.2) is 0 Å². The number of hydrogen-bond acceptors (Lipinski definition) is 3. The Hall–Kier alpha value is -1.30. The SMILES string of the molecule is Cc1cc(Br)oc1C(=O)N[C@@H]1CCC[C@@H]1C(=O)O. The molecule has 0 spiro atoms. The molecule has 1 fully saturated rings.